The van der Waals surface area contributed by atoms with Crippen LogP contribution >= 0.6 is 0 Å². The number of rotatable bonds is 3. The summed E-state index contributed by atoms with van der Waals surface area (Å²) < 4.78 is 0. The van der Waals surface area contributed by atoms with Crippen LogP contribution in [-0.4, -0.2) is 37.5 Å². The van der Waals surface area contributed by atoms with Crippen molar-refractivity contribution in [1.29, 1.82) is 0 Å². The minimum atomic E-state index is 0.647. The third-order valence-corrected chi connectivity index (χ3v) is 5.15. The van der Waals surface area contributed by atoms with Crippen molar-refractivity contribution in [3.63, 3.8) is 0 Å². The van der Waals surface area contributed by atoms with Crippen molar-refractivity contribution in [1.82, 2.24) is 10.2 Å². The van der Waals surface area contributed by atoms with Crippen LogP contribution in [-0.2, 0) is 0 Å². The minimum absolute atomic E-state index is 0.647. The zero-order chi connectivity index (χ0) is 12.4. The predicted molar refractivity (Wildman–Crippen MR) is 75.8 cm³/mol. The second-order valence-electron chi connectivity index (χ2n) is 6.58. The van der Waals surface area contributed by atoms with Crippen LogP contribution in [0.1, 0.15) is 51.4 Å². The Morgan fingerprint density at radius 2 is 2.06 bits per heavy atom. The SMILES string of the molecule is CN=C(NCCC1CC1)N1CCC2(CCCC2)C1. The molecule has 0 aromatic carbocycles. The molecular formula is C15H27N3. The lowest BCUT2D eigenvalue weighted by Gasteiger charge is -2.25. The molecular weight excluding hydrogens is 222 g/mol. The summed E-state index contributed by atoms with van der Waals surface area (Å²) >= 11 is 0. The van der Waals surface area contributed by atoms with E-state index in [0.29, 0.717) is 5.41 Å². The Morgan fingerprint density at radius 1 is 1.28 bits per heavy atom. The van der Waals surface area contributed by atoms with E-state index in [1.54, 1.807) is 0 Å². The smallest absolute Gasteiger partial charge is 0.193 e. The molecule has 0 atom stereocenters. The number of guanidine groups is 1. The predicted octanol–water partition coefficient (Wildman–Crippen LogP) is 2.63. The van der Waals surface area contributed by atoms with Gasteiger partial charge in [0.1, 0.15) is 0 Å². The van der Waals surface area contributed by atoms with E-state index in [1.807, 2.05) is 7.05 Å². The molecule has 18 heavy (non-hydrogen) atoms. The Morgan fingerprint density at radius 3 is 2.72 bits per heavy atom. The molecule has 0 aromatic heterocycles. The van der Waals surface area contributed by atoms with E-state index in [0.717, 1.165) is 18.4 Å². The van der Waals surface area contributed by atoms with Gasteiger partial charge in [0.25, 0.3) is 0 Å². The largest absolute Gasteiger partial charge is 0.356 e. The standard InChI is InChI=1S/C15H27N3/c1-16-14(17-10-6-13-4-5-13)18-11-9-15(12-18)7-2-3-8-15/h13H,2-12H2,1H3,(H,16,17). The van der Waals surface area contributed by atoms with Crippen LogP contribution in [0.25, 0.3) is 0 Å². The van der Waals surface area contributed by atoms with Crippen LogP contribution in [0.4, 0.5) is 0 Å². The summed E-state index contributed by atoms with van der Waals surface area (Å²) in [6, 6.07) is 0. The Labute approximate surface area is 111 Å². The third-order valence-electron chi connectivity index (χ3n) is 5.15. The molecule has 3 nitrogen and oxygen atoms in total. The van der Waals surface area contributed by atoms with Gasteiger partial charge >= 0.3 is 0 Å². The quantitative estimate of drug-likeness (QED) is 0.615. The van der Waals surface area contributed by atoms with Crippen LogP contribution in [0.3, 0.4) is 0 Å². The van der Waals surface area contributed by atoms with Crippen molar-refractivity contribution in [3.05, 3.63) is 0 Å². The lowest BCUT2D eigenvalue weighted by atomic mass is 9.86. The number of hydrogen-bond donors (Lipinski definition) is 1. The molecule has 3 heteroatoms. The lowest BCUT2D eigenvalue weighted by molar-refractivity contribution is 0.309. The molecule has 102 valence electrons. The lowest BCUT2D eigenvalue weighted by Crippen LogP contribution is -2.41. The summed E-state index contributed by atoms with van der Waals surface area (Å²) in [4.78, 5) is 6.97. The van der Waals surface area contributed by atoms with E-state index < -0.39 is 0 Å². The van der Waals surface area contributed by atoms with Gasteiger partial charge in [0.2, 0.25) is 0 Å². The van der Waals surface area contributed by atoms with Gasteiger partial charge in [0, 0.05) is 26.7 Å². The fourth-order valence-corrected chi connectivity index (χ4v) is 3.78. The molecule has 1 heterocycles. The van der Waals surface area contributed by atoms with Crippen LogP contribution in [0.5, 0.6) is 0 Å². The molecule has 3 fully saturated rings. The van der Waals surface area contributed by atoms with E-state index >= 15 is 0 Å². The van der Waals surface area contributed by atoms with E-state index in [-0.39, 0.29) is 0 Å². The monoisotopic (exact) mass is 249 g/mol. The van der Waals surface area contributed by atoms with Gasteiger partial charge in [-0.1, -0.05) is 25.7 Å². The zero-order valence-electron chi connectivity index (χ0n) is 11.7. The Kier molecular flexibility index (Phi) is 3.49. The summed E-state index contributed by atoms with van der Waals surface area (Å²) in [7, 11) is 1.93. The highest BCUT2D eigenvalue weighted by Crippen LogP contribution is 2.45. The average Bonchev–Trinajstić information content (AvgIpc) is 2.95. The summed E-state index contributed by atoms with van der Waals surface area (Å²) in [5, 5.41) is 3.56. The average molecular weight is 249 g/mol. The third kappa shape index (κ3) is 2.65. The Hall–Kier alpha value is -0.730. The van der Waals surface area contributed by atoms with Gasteiger partial charge in [0.15, 0.2) is 5.96 Å². The second-order valence-corrected chi connectivity index (χ2v) is 6.58. The number of likely N-dealkylation sites (tertiary alicyclic amines) is 1. The maximum Gasteiger partial charge on any atom is 0.193 e. The molecule has 3 aliphatic rings. The maximum atomic E-state index is 4.47. The first-order chi connectivity index (χ1) is 8.81. The molecule has 0 radical (unpaired) electrons. The molecule has 0 unspecified atom stereocenters. The topological polar surface area (TPSA) is 27.6 Å². The Balaban J connectivity index is 1.49. The zero-order valence-corrected chi connectivity index (χ0v) is 11.7. The van der Waals surface area contributed by atoms with Gasteiger partial charge in [-0.15, -0.1) is 0 Å². The summed E-state index contributed by atoms with van der Waals surface area (Å²) in [5.41, 5.74) is 0.647. The van der Waals surface area contributed by atoms with Gasteiger partial charge in [-0.2, -0.15) is 0 Å². The van der Waals surface area contributed by atoms with Crippen LogP contribution in [0.15, 0.2) is 4.99 Å². The molecule has 1 N–H and O–H groups in total. The fourth-order valence-electron chi connectivity index (χ4n) is 3.78. The van der Waals surface area contributed by atoms with Crippen molar-refractivity contribution in [3.8, 4) is 0 Å². The van der Waals surface area contributed by atoms with E-state index in [2.05, 4.69) is 15.2 Å². The molecule has 1 aliphatic heterocycles. The van der Waals surface area contributed by atoms with Crippen molar-refractivity contribution >= 4 is 5.96 Å². The maximum absolute atomic E-state index is 4.47. The number of hydrogen-bond acceptors (Lipinski definition) is 1. The van der Waals surface area contributed by atoms with Gasteiger partial charge in [-0.05, 0) is 37.0 Å². The molecule has 3 rings (SSSR count). The normalized spacial score (nSPS) is 27.2. The number of nitrogens with zero attached hydrogens (tertiary/aromatic N) is 2. The second kappa shape index (κ2) is 5.10. The number of aliphatic imine (C=N–C) groups is 1. The van der Waals surface area contributed by atoms with Crippen molar-refractivity contribution in [2.75, 3.05) is 26.7 Å². The molecule has 2 saturated carbocycles. The van der Waals surface area contributed by atoms with Gasteiger partial charge in [-0.25, -0.2) is 0 Å². The first kappa shape index (κ1) is 12.3. The van der Waals surface area contributed by atoms with Gasteiger partial charge in [0.05, 0.1) is 0 Å². The first-order valence-electron chi connectivity index (χ1n) is 7.77. The molecule has 0 amide bonds. The molecule has 2 aliphatic carbocycles. The van der Waals surface area contributed by atoms with Crippen LogP contribution in [0.2, 0.25) is 0 Å². The molecule has 1 spiro atoms. The van der Waals surface area contributed by atoms with Crippen molar-refractivity contribution in [2.24, 2.45) is 16.3 Å². The first-order valence-corrected chi connectivity index (χ1v) is 7.77. The Bertz CT molecular complexity index is 314. The highest BCUT2D eigenvalue weighted by atomic mass is 15.3. The van der Waals surface area contributed by atoms with Crippen molar-refractivity contribution in [2.45, 2.75) is 51.4 Å². The van der Waals surface area contributed by atoms with E-state index in [4.69, 9.17) is 0 Å². The molecule has 0 bridgehead atoms. The molecule has 1 saturated heterocycles. The van der Waals surface area contributed by atoms with E-state index in [9.17, 15) is 0 Å². The van der Waals surface area contributed by atoms with Crippen LogP contribution in [0, 0.1) is 11.3 Å². The van der Waals surface area contributed by atoms with Crippen LogP contribution < -0.4 is 5.32 Å². The summed E-state index contributed by atoms with van der Waals surface area (Å²) in [6.45, 7) is 3.57. The highest BCUT2D eigenvalue weighted by Gasteiger charge is 2.41. The fraction of sp³-hybridized carbons (Fsp3) is 0.933. The van der Waals surface area contributed by atoms with Crippen molar-refractivity contribution < 1.29 is 0 Å². The summed E-state index contributed by atoms with van der Waals surface area (Å²) in [5.74, 6) is 2.16. The van der Waals surface area contributed by atoms with Gasteiger partial charge < -0.3 is 10.2 Å². The molecule has 0 aromatic rings. The minimum Gasteiger partial charge on any atom is -0.356 e. The summed E-state index contributed by atoms with van der Waals surface area (Å²) in [6.07, 6.45) is 11.4. The number of nitrogens with one attached hydrogen (secondary N) is 1. The van der Waals surface area contributed by atoms with Gasteiger partial charge in [-0.3, -0.25) is 4.99 Å². The van der Waals surface area contributed by atoms with E-state index in [1.165, 1.54) is 64.5 Å². The highest BCUT2D eigenvalue weighted by molar-refractivity contribution is 5.80.